The zero-order valence-electron chi connectivity index (χ0n) is 14.4. The summed E-state index contributed by atoms with van der Waals surface area (Å²) in [6.07, 6.45) is 1.53. The monoisotopic (exact) mass is 347 g/mol. The molecule has 1 heterocycles. The van der Waals surface area contributed by atoms with Crippen molar-refractivity contribution in [2.75, 3.05) is 20.3 Å². The van der Waals surface area contributed by atoms with Crippen LogP contribution in [0.2, 0.25) is 0 Å². The maximum atomic E-state index is 12.1. The van der Waals surface area contributed by atoms with E-state index in [1.165, 1.54) is 19.4 Å². The van der Waals surface area contributed by atoms with Gasteiger partial charge in [-0.2, -0.15) is 0 Å². The van der Waals surface area contributed by atoms with Crippen LogP contribution in [0.3, 0.4) is 0 Å². The van der Waals surface area contributed by atoms with E-state index < -0.39 is 11.9 Å². The van der Waals surface area contributed by atoms with E-state index in [-0.39, 0.29) is 18.2 Å². The lowest BCUT2D eigenvalue weighted by molar-refractivity contribution is -0.125. The molecular weight excluding hydrogens is 326 g/mol. The van der Waals surface area contributed by atoms with Crippen LogP contribution in [0.5, 0.6) is 11.5 Å². The maximum Gasteiger partial charge on any atom is 0.338 e. The number of benzene rings is 1. The van der Waals surface area contributed by atoms with Gasteiger partial charge in [0.2, 0.25) is 0 Å². The van der Waals surface area contributed by atoms with E-state index in [2.05, 4.69) is 5.32 Å². The van der Waals surface area contributed by atoms with Crippen LogP contribution in [-0.4, -0.2) is 32.2 Å². The topological polar surface area (TPSA) is 87.0 Å². The van der Waals surface area contributed by atoms with E-state index in [4.69, 9.17) is 18.6 Å². The number of carbonyl (C=O) groups is 2. The molecule has 2 aromatic rings. The molecule has 0 aliphatic carbocycles. The Bertz CT molecular complexity index is 710. The lowest BCUT2D eigenvalue weighted by Gasteiger charge is -2.12. The van der Waals surface area contributed by atoms with E-state index in [1.807, 2.05) is 6.92 Å². The van der Waals surface area contributed by atoms with Crippen molar-refractivity contribution in [2.45, 2.75) is 19.9 Å². The Morgan fingerprint density at radius 3 is 2.68 bits per heavy atom. The van der Waals surface area contributed by atoms with Crippen LogP contribution in [0.1, 0.15) is 36.0 Å². The number of hydrogen-bond donors (Lipinski definition) is 1. The molecule has 25 heavy (non-hydrogen) atoms. The van der Waals surface area contributed by atoms with Crippen LogP contribution in [0.15, 0.2) is 41.0 Å². The van der Waals surface area contributed by atoms with Crippen LogP contribution >= 0.6 is 0 Å². The second-order valence-electron chi connectivity index (χ2n) is 5.18. The van der Waals surface area contributed by atoms with Gasteiger partial charge in [0.15, 0.2) is 18.1 Å². The number of rotatable bonds is 8. The maximum absolute atomic E-state index is 12.1. The summed E-state index contributed by atoms with van der Waals surface area (Å²) in [7, 11) is 1.51. The first-order chi connectivity index (χ1) is 12.0. The number of furan rings is 1. The number of amides is 1. The molecule has 0 fully saturated rings. The highest BCUT2D eigenvalue weighted by atomic mass is 16.5. The minimum atomic E-state index is -0.621. The molecule has 1 aromatic heterocycles. The molecule has 134 valence electrons. The lowest BCUT2D eigenvalue weighted by Crippen LogP contribution is -2.31. The van der Waals surface area contributed by atoms with E-state index in [1.54, 1.807) is 31.2 Å². The number of ether oxygens (including phenoxy) is 3. The number of carbonyl (C=O) groups excluding carboxylic acids is 2. The van der Waals surface area contributed by atoms with Gasteiger partial charge in [-0.1, -0.05) is 0 Å². The van der Waals surface area contributed by atoms with Crippen molar-refractivity contribution in [3.8, 4) is 11.5 Å². The number of nitrogens with one attached hydrogen (secondary N) is 1. The van der Waals surface area contributed by atoms with Gasteiger partial charge in [-0.3, -0.25) is 4.79 Å². The number of hydrogen-bond acceptors (Lipinski definition) is 6. The Labute approximate surface area is 145 Å². The van der Waals surface area contributed by atoms with Gasteiger partial charge in [0.1, 0.15) is 5.76 Å². The highest BCUT2D eigenvalue weighted by Gasteiger charge is 2.16. The first-order valence-electron chi connectivity index (χ1n) is 7.85. The first-order valence-corrected chi connectivity index (χ1v) is 7.85. The van der Waals surface area contributed by atoms with Crippen molar-refractivity contribution in [3.63, 3.8) is 0 Å². The Morgan fingerprint density at radius 1 is 1.24 bits per heavy atom. The summed E-state index contributed by atoms with van der Waals surface area (Å²) in [5.74, 6) is 0.537. The number of methoxy groups -OCH3 is 1. The SMILES string of the molecule is CCOc1cc(C(=O)OCC(=O)N[C@@H](C)c2ccco2)ccc1OC. The molecule has 0 bridgehead atoms. The fourth-order valence-electron chi connectivity index (χ4n) is 2.18. The summed E-state index contributed by atoms with van der Waals surface area (Å²) in [6, 6.07) is 7.86. The van der Waals surface area contributed by atoms with Gasteiger partial charge in [0, 0.05) is 0 Å². The second kappa shape index (κ2) is 8.77. The van der Waals surface area contributed by atoms with Crippen LogP contribution in [-0.2, 0) is 9.53 Å². The molecule has 0 radical (unpaired) electrons. The quantitative estimate of drug-likeness (QED) is 0.739. The molecule has 7 nitrogen and oxygen atoms in total. The minimum Gasteiger partial charge on any atom is -0.493 e. The van der Waals surface area contributed by atoms with Gasteiger partial charge in [-0.25, -0.2) is 4.79 Å². The van der Waals surface area contributed by atoms with Crippen molar-refractivity contribution in [2.24, 2.45) is 0 Å². The largest absolute Gasteiger partial charge is 0.493 e. The molecule has 0 saturated carbocycles. The predicted molar refractivity (Wildman–Crippen MR) is 89.7 cm³/mol. The Hall–Kier alpha value is -2.96. The summed E-state index contributed by atoms with van der Waals surface area (Å²) < 4.78 is 20.8. The van der Waals surface area contributed by atoms with Crippen LogP contribution in [0.25, 0.3) is 0 Å². The molecule has 1 amide bonds. The van der Waals surface area contributed by atoms with Crippen LogP contribution in [0.4, 0.5) is 0 Å². The third-order valence-electron chi connectivity index (χ3n) is 3.38. The summed E-state index contributed by atoms with van der Waals surface area (Å²) in [6.45, 7) is 3.65. The van der Waals surface area contributed by atoms with Gasteiger partial charge < -0.3 is 23.9 Å². The molecule has 1 N–H and O–H groups in total. The van der Waals surface area contributed by atoms with Crippen LogP contribution < -0.4 is 14.8 Å². The summed E-state index contributed by atoms with van der Waals surface area (Å²) in [5, 5.41) is 2.68. The smallest absolute Gasteiger partial charge is 0.338 e. The van der Waals surface area contributed by atoms with Crippen molar-refractivity contribution >= 4 is 11.9 Å². The highest BCUT2D eigenvalue weighted by molar-refractivity contribution is 5.92. The molecule has 0 spiro atoms. The third kappa shape index (κ3) is 5.00. The van der Waals surface area contributed by atoms with E-state index >= 15 is 0 Å². The molecule has 0 aliphatic rings. The van der Waals surface area contributed by atoms with Gasteiger partial charge in [0.25, 0.3) is 5.91 Å². The molecule has 0 unspecified atom stereocenters. The van der Waals surface area contributed by atoms with Gasteiger partial charge in [-0.05, 0) is 44.2 Å². The van der Waals surface area contributed by atoms with Gasteiger partial charge in [-0.15, -0.1) is 0 Å². The van der Waals surface area contributed by atoms with Crippen molar-refractivity contribution < 1.29 is 28.2 Å². The molecule has 0 saturated heterocycles. The van der Waals surface area contributed by atoms with Gasteiger partial charge in [0.05, 0.1) is 31.6 Å². The van der Waals surface area contributed by atoms with E-state index in [0.29, 0.717) is 23.9 Å². The fourth-order valence-corrected chi connectivity index (χ4v) is 2.18. The Kier molecular flexibility index (Phi) is 6.45. The summed E-state index contributed by atoms with van der Waals surface area (Å²) in [4.78, 5) is 24.0. The fraction of sp³-hybridized carbons (Fsp3) is 0.333. The van der Waals surface area contributed by atoms with Crippen molar-refractivity contribution in [3.05, 3.63) is 47.9 Å². The average Bonchev–Trinajstić information content (AvgIpc) is 3.14. The van der Waals surface area contributed by atoms with E-state index in [0.717, 1.165) is 0 Å². The standard InChI is InChI=1S/C18H21NO6/c1-4-23-16-10-13(7-8-15(16)22-3)18(21)25-11-17(20)19-12(2)14-6-5-9-24-14/h5-10,12H,4,11H2,1-3H3,(H,19,20)/t12-/m0/s1. The summed E-state index contributed by atoms with van der Waals surface area (Å²) in [5.41, 5.74) is 0.274. The average molecular weight is 347 g/mol. The normalized spacial score (nSPS) is 11.5. The molecule has 2 rings (SSSR count). The lowest BCUT2D eigenvalue weighted by atomic mass is 10.2. The zero-order chi connectivity index (χ0) is 18.2. The molecule has 7 heteroatoms. The zero-order valence-corrected chi connectivity index (χ0v) is 14.4. The molecule has 1 atom stereocenters. The summed E-state index contributed by atoms with van der Waals surface area (Å²) >= 11 is 0. The van der Waals surface area contributed by atoms with Crippen molar-refractivity contribution in [1.82, 2.24) is 5.32 Å². The Balaban J connectivity index is 1.91. The highest BCUT2D eigenvalue weighted by Crippen LogP contribution is 2.28. The predicted octanol–water partition coefficient (Wildman–Crippen LogP) is 2.72. The minimum absolute atomic E-state index is 0.274. The number of esters is 1. The molecule has 1 aromatic carbocycles. The molecular formula is C18H21NO6. The Morgan fingerprint density at radius 2 is 2.04 bits per heavy atom. The first kappa shape index (κ1) is 18.4. The van der Waals surface area contributed by atoms with E-state index in [9.17, 15) is 9.59 Å². The molecule has 0 aliphatic heterocycles. The van der Waals surface area contributed by atoms with Crippen molar-refractivity contribution in [1.29, 1.82) is 0 Å². The second-order valence-corrected chi connectivity index (χ2v) is 5.18. The third-order valence-corrected chi connectivity index (χ3v) is 3.38. The van der Waals surface area contributed by atoms with Crippen LogP contribution in [0, 0.1) is 0 Å². The van der Waals surface area contributed by atoms with Gasteiger partial charge >= 0.3 is 5.97 Å².